The predicted molar refractivity (Wildman–Crippen MR) is 71.7 cm³/mol. The summed E-state index contributed by atoms with van der Waals surface area (Å²) >= 11 is 0. The highest BCUT2D eigenvalue weighted by molar-refractivity contribution is 6.03. The minimum absolute atomic E-state index is 0.198. The Morgan fingerprint density at radius 2 is 2.11 bits per heavy atom. The van der Waals surface area contributed by atoms with Crippen molar-refractivity contribution in [3.05, 3.63) is 47.3 Å². The van der Waals surface area contributed by atoms with E-state index in [2.05, 4.69) is 16.5 Å². The highest BCUT2D eigenvalue weighted by Crippen LogP contribution is 2.12. The zero-order valence-corrected chi connectivity index (χ0v) is 10.8. The molecule has 5 heteroatoms. The number of aryl methyl sites for hydroxylation is 2. The molecule has 2 aromatic rings. The number of nitriles is 1. The van der Waals surface area contributed by atoms with E-state index < -0.39 is 0 Å². The van der Waals surface area contributed by atoms with Gasteiger partial charge in [-0.1, -0.05) is 12.1 Å². The summed E-state index contributed by atoms with van der Waals surface area (Å²) in [6, 6.07) is 11.0. The van der Waals surface area contributed by atoms with Crippen LogP contribution < -0.4 is 5.32 Å². The van der Waals surface area contributed by atoms with E-state index in [4.69, 9.17) is 5.26 Å². The van der Waals surface area contributed by atoms with Crippen molar-refractivity contribution in [2.24, 2.45) is 7.05 Å². The van der Waals surface area contributed by atoms with Gasteiger partial charge in [0.2, 0.25) is 0 Å². The highest BCUT2D eigenvalue weighted by Gasteiger charge is 2.11. The van der Waals surface area contributed by atoms with Gasteiger partial charge < -0.3 is 5.32 Å². The number of benzene rings is 1. The number of hydrogen-bond acceptors (Lipinski definition) is 3. The molecule has 1 amide bonds. The van der Waals surface area contributed by atoms with E-state index in [0.717, 1.165) is 11.3 Å². The van der Waals surface area contributed by atoms with Crippen LogP contribution in [0.4, 0.5) is 5.69 Å². The van der Waals surface area contributed by atoms with E-state index in [-0.39, 0.29) is 5.91 Å². The van der Waals surface area contributed by atoms with Gasteiger partial charge in [-0.25, -0.2) is 0 Å². The van der Waals surface area contributed by atoms with Crippen molar-refractivity contribution in [1.29, 1.82) is 5.26 Å². The monoisotopic (exact) mass is 254 g/mol. The summed E-state index contributed by atoms with van der Waals surface area (Å²) in [4.78, 5) is 12.0. The Labute approximate surface area is 111 Å². The largest absolute Gasteiger partial charge is 0.321 e. The predicted octanol–water partition coefficient (Wildman–Crippen LogP) is 2.05. The first-order chi connectivity index (χ1) is 9.10. The molecule has 0 saturated heterocycles. The number of carbonyl (C=O) groups excluding carboxylic acids is 1. The van der Waals surface area contributed by atoms with Crippen molar-refractivity contribution < 1.29 is 4.79 Å². The van der Waals surface area contributed by atoms with Crippen molar-refractivity contribution in [2.45, 2.75) is 13.3 Å². The second-order valence-electron chi connectivity index (χ2n) is 4.28. The molecule has 0 radical (unpaired) electrons. The Hall–Kier alpha value is -2.61. The summed E-state index contributed by atoms with van der Waals surface area (Å²) in [5.74, 6) is -0.198. The summed E-state index contributed by atoms with van der Waals surface area (Å²) in [7, 11) is 1.73. The third kappa shape index (κ3) is 2.99. The van der Waals surface area contributed by atoms with E-state index >= 15 is 0 Å². The van der Waals surface area contributed by atoms with Crippen LogP contribution in [0.3, 0.4) is 0 Å². The molecule has 5 nitrogen and oxygen atoms in total. The Bertz CT molecular complexity index is 634. The quantitative estimate of drug-likeness (QED) is 0.911. The van der Waals surface area contributed by atoms with Gasteiger partial charge in [-0.05, 0) is 30.7 Å². The third-order valence-corrected chi connectivity index (χ3v) is 2.73. The molecule has 0 aliphatic heterocycles. The molecule has 96 valence electrons. The Kier molecular flexibility index (Phi) is 3.62. The molecule has 0 spiro atoms. The third-order valence-electron chi connectivity index (χ3n) is 2.73. The van der Waals surface area contributed by atoms with Crippen LogP contribution in [-0.4, -0.2) is 15.7 Å². The van der Waals surface area contributed by atoms with Gasteiger partial charge in [0.1, 0.15) is 5.69 Å². The zero-order chi connectivity index (χ0) is 13.8. The standard InChI is InChI=1S/C14H14N4O/c1-10-9-13(18(2)17-10)14(19)16-12-5-3-11(4-6-12)7-8-15/h3-6,9H,7H2,1-2H3,(H,16,19). The van der Waals surface area contributed by atoms with Gasteiger partial charge in [-0.15, -0.1) is 0 Å². The summed E-state index contributed by atoms with van der Waals surface area (Å²) in [6.45, 7) is 1.84. The maximum atomic E-state index is 12.0. The molecular formula is C14H14N4O. The molecule has 0 saturated carbocycles. The second-order valence-corrected chi connectivity index (χ2v) is 4.28. The van der Waals surface area contributed by atoms with Gasteiger partial charge in [-0.3, -0.25) is 9.48 Å². The van der Waals surface area contributed by atoms with Gasteiger partial charge >= 0.3 is 0 Å². The fraction of sp³-hybridized carbons (Fsp3) is 0.214. The number of carbonyl (C=O) groups is 1. The molecule has 0 unspecified atom stereocenters. The number of aromatic nitrogens is 2. The highest BCUT2D eigenvalue weighted by atomic mass is 16.2. The lowest BCUT2D eigenvalue weighted by atomic mass is 10.1. The zero-order valence-electron chi connectivity index (χ0n) is 10.8. The number of nitrogens with zero attached hydrogens (tertiary/aromatic N) is 3. The van der Waals surface area contributed by atoms with E-state index in [1.54, 1.807) is 29.9 Å². The van der Waals surface area contributed by atoms with Crippen LogP contribution in [0, 0.1) is 18.3 Å². The summed E-state index contributed by atoms with van der Waals surface area (Å²) in [5.41, 5.74) is 2.94. The van der Waals surface area contributed by atoms with Gasteiger partial charge in [-0.2, -0.15) is 10.4 Å². The minimum atomic E-state index is -0.198. The molecule has 2 rings (SSSR count). The van der Waals surface area contributed by atoms with Crippen LogP contribution in [0.2, 0.25) is 0 Å². The first-order valence-corrected chi connectivity index (χ1v) is 5.88. The number of amides is 1. The summed E-state index contributed by atoms with van der Waals surface area (Å²) < 4.78 is 1.55. The van der Waals surface area contributed by atoms with Crippen LogP contribution in [-0.2, 0) is 13.5 Å². The average molecular weight is 254 g/mol. The van der Waals surface area contributed by atoms with Crippen molar-refractivity contribution in [1.82, 2.24) is 9.78 Å². The topological polar surface area (TPSA) is 70.7 Å². The lowest BCUT2D eigenvalue weighted by molar-refractivity contribution is 0.101. The molecule has 0 atom stereocenters. The Morgan fingerprint density at radius 3 is 2.63 bits per heavy atom. The first-order valence-electron chi connectivity index (χ1n) is 5.88. The molecular weight excluding hydrogens is 240 g/mol. The van der Waals surface area contributed by atoms with Crippen LogP contribution in [0.5, 0.6) is 0 Å². The molecule has 0 bridgehead atoms. The Balaban J connectivity index is 2.11. The average Bonchev–Trinajstić information content (AvgIpc) is 2.71. The second kappa shape index (κ2) is 5.36. The number of hydrogen-bond donors (Lipinski definition) is 1. The van der Waals surface area contributed by atoms with Crippen LogP contribution >= 0.6 is 0 Å². The molecule has 1 N–H and O–H groups in total. The molecule has 1 aromatic heterocycles. The SMILES string of the molecule is Cc1cc(C(=O)Nc2ccc(CC#N)cc2)n(C)n1. The van der Waals surface area contributed by atoms with E-state index in [9.17, 15) is 4.79 Å². The van der Waals surface area contributed by atoms with Gasteiger partial charge in [0.25, 0.3) is 5.91 Å². The molecule has 0 aliphatic carbocycles. The fourth-order valence-electron chi connectivity index (χ4n) is 1.82. The summed E-state index contributed by atoms with van der Waals surface area (Å²) in [6.07, 6.45) is 0.370. The van der Waals surface area contributed by atoms with Crippen LogP contribution in [0.15, 0.2) is 30.3 Å². The molecule has 0 aliphatic rings. The molecule has 19 heavy (non-hydrogen) atoms. The minimum Gasteiger partial charge on any atom is -0.321 e. The normalized spacial score (nSPS) is 9.95. The van der Waals surface area contributed by atoms with Crippen molar-refractivity contribution in [2.75, 3.05) is 5.32 Å². The lowest BCUT2D eigenvalue weighted by Crippen LogP contribution is -2.15. The van der Waals surface area contributed by atoms with Crippen LogP contribution in [0.1, 0.15) is 21.7 Å². The number of rotatable bonds is 3. The van der Waals surface area contributed by atoms with Gasteiger partial charge in [0.05, 0.1) is 18.2 Å². The fourth-order valence-corrected chi connectivity index (χ4v) is 1.82. The first kappa shape index (κ1) is 12.8. The van der Waals surface area contributed by atoms with E-state index in [1.807, 2.05) is 19.1 Å². The molecule has 1 heterocycles. The van der Waals surface area contributed by atoms with Crippen molar-refractivity contribution >= 4 is 11.6 Å². The van der Waals surface area contributed by atoms with Crippen LogP contribution in [0.25, 0.3) is 0 Å². The lowest BCUT2D eigenvalue weighted by Gasteiger charge is -2.05. The maximum absolute atomic E-state index is 12.0. The maximum Gasteiger partial charge on any atom is 0.273 e. The van der Waals surface area contributed by atoms with Gasteiger partial charge in [0, 0.05) is 12.7 Å². The van der Waals surface area contributed by atoms with E-state index in [0.29, 0.717) is 17.8 Å². The molecule has 1 aromatic carbocycles. The number of nitrogens with one attached hydrogen (secondary N) is 1. The van der Waals surface area contributed by atoms with E-state index in [1.165, 1.54) is 0 Å². The van der Waals surface area contributed by atoms with Crippen molar-refractivity contribution in [3.8, 4) is 6.07 Å². The Morgan fingerprint density at radius 1 is 1.42 bits per heavy atom. The van der Waals surface area contributed by atoms with Crippen molar-refractivity contribution in [3.63, 3.8) is 0 Å². The van der Waals surface area contributed by atoms with Gasteiger partial charge in [0.15, 0.2) is 0 Å². The smallest absolute Gasteiger partial charge is 0.273 e. The molecule has 0 fully saturated rings. The number of anilines is 1. The summed E-state index contributed by atoms with van der Waals surface area (Å²) in [5, 5.41) is 15.5.